The smallest absolute Gasteiger partial charge is 0.240 e. The first-order valence-electron chi connectivity index (χ1n) is 7.28. The van der Waals surface area contributed by atoms with Gasteiger partial charge in [-0.3, -0.25) is 4.90 Å². The van der Waals surface area contributed by atoms with Gasteiger partial charge in [-0.1, -0.05) is 29.4 Å². The van der Waals surface area contributed by atoms with Gasteiger partial charge in [-0.05, 0) is 12.6 Å². The van der Waals surface area contributed by atoms with Crippen molar-refractivity contribution < 1.29 is 4.52 Å². The van der Waals surface area contributed by atoms with Gasteiger partial charge in [0.2, 0.25) is 11.7 Å². The standard InChI is InChI=1S/C15H21N5O/c1-19-6-8-20(9-7-19)11-12-4-2-3-5-13(12)15-17-14(10-16)21-18-15/h2-5H,6-11,16H2,1H3. The van der Waals surface area contributed by atoms with Crippen LogP contribution in [0.4, 0.5) is 0 Å². The quantitative estimate of drug-likeness (QED) is 0.902. The summed E-state index contributed by atoms with van der Waals surface area (Å²) in [5, 5.41) is 4.03. The second kappa shape index (κ2) is 6.34. The van der Waals surface area contributed by atoms with Gasteiger partial charge in [0.15, 0.2) is 0 Å². The monoisotopic (exact) mass is 287 g/mol. The number of likely N-dealkylation sites (N-methyl/N-ethyl adjacent to an activating group) is 1. The molecule has 2 aromatic rings. The van der Waals surface area contributed by atoms with E-state index in [1.165, 1.54) is 5.56 Å². The molecule has 6 heteroatoms. The van der Waals surface area contributed by atoms with E-state index in [4.69, 9.17) is 10.3 Å². The van der Waals surface area contributed by atoms with Crippen LogP contribution in [0.5, 0.6) is 0 Å². The third-order valence-electron chi connectivity index (χ3n) is 3.89. The molecule has 0 spiro atoms. The van der Waals surface area contributed by atoms with Crippen molar-refractivity contribution in [2.75, 3.05) is 33.2 Å². The summed E-state index contributed by atoms with van der Waals surface area (Å²) < 4.78 is 5.12. The summed E-state index contributed by atoms with van der Waals surface area (Å²) >= 11 is 0. The Morgan fingerprint density at radius 3 is 2.67 bits per heavy atom. The molecule has 21 heavy (non-hydrogen) atoms. The summed E-state index contributed by atoms with van der Waals surface area (Å²) in [4.78, 5) is 9.15. The Kier molecular flexibility index (Phi) is 4.28. The fourth-order valence-electron chi connectivity index (χ4n) is 2.57. The molecular formula is C15H21N5O. The number of nitrogens with zero attached hydrogens (tertiary/aromatic N) is 4. The highest BCUT2D eigenvalue weighted by Gasteiger charge is 2.17. The van der Waals surface area contributed by atoms with Gasteiger partial charge in [0.25, 0.3) is 0 Å². The SMILES string of the molecule is CN1CCN(Cc2ccccc2-c2noc(CN)n2)CC1. The van der Waals surface area contributed by atoms with Crippen LogP contribution >= 0.6 is 0 Å². The molecule has 1 aromatic carbocycles. The molecule has 1 aromatic heterocycles. The van der Waals surface area contributed by atoms with Gasteiger partial charge in [0.05, 0.1) is 6.54 Å². The zero-order valence-electron chi connectivity index (χ0n) is 12.3. The molecule has 0 unspecified atom stereocenters. The summed E-state index contributed by atoms with van der Waals surface area (Å²) in [6, 6.07) is 8.23. The number of nitrogens with two attached hydrogens (primary N) is 1. The van der Waals surface area contributed by atoms with Crippen molar-refractivity contribution in [3.63, 3.8) is 0 Å². The Morgan fingerprint density at radius 2 is 1.95 bits per heavy atom. The highest BCUT2D eigenvalue weighted by Crippen LogP contribution is 2.22. The Labute approximate surface area is 124 Å². The maximum atomic E-state index is 5.53. The van der Waals surface area contributed by atoms with Crippen LogP contribution in [0.15, 0.2) is 28.8 Å². The van der Waals surface area contributed by atoms with Gasteiger partial charge in [-0.15, -0.1) is 0 Å². The number of hydrogen-bond acceptors (Lipinski definition) is 6. The predicted molar refractivity (Wildman–Crippen MR) is 80.4 cm³/mol. The highest BCUT2D eigenvalue weighted by molar-refractivity contribution is 5.59. The van der Waals surface area contributed by atoms with Gasteiger partial charge >= 0.3 is 0 Å². The molecule has 0 amide bonds. The molecule has 1 aliphatic rings. The van der Waals surface area contributed by atoms with E-state index in [2.05, 4.69) is 39.1 Å². The average molecular weight is 287 g/mol. The molecule has 1 saturated heterocycles. The van der Waals surface area contributed by atoms with Crippen molar-refractivity contribution >= 4 is 0 Å². The summed E-state index contributed by atoms with van der Waals surface area (Å²) in [6.45, 7) is 5.59. The highest BCUT2D eigenvalue weighted by atomic mass is 16.5. The lowest BCUT2D eigenvalue weighted by Crippen LogP contribution is -2.43. The van der Waals surface area contributed by atoms with Gasteiger partial charge in [-0.2, -0.15) is 4.98 Å². The van der Waals surface area contributed by atoms with E-state index in [1.807, 2.05) is 12.1 Å². The zero-order valence-corrected chi connectivity index (χ0v) is 12.3. The van der Waals surface area contributed by atoms with E-state index in [9.17, 15) is 0 Å². The van der Waals surface area contributed by atoms with E-state index in [-0.39, 0.29) is 6.54 Å². The number of piperazine rings is 1. The number of hydrogen-bond donors (Lipinski definition) is 1. The third-order valence-corrected chi connectivity index (χ3v) is 3.89. The molecule has 3 rings (SSSR count). The molecule has 0 bridgehead atoms. The maximum absolute atomic E-state index is 5.53. The van der Waals surface area contributed by atoms with Crippen LogP contribution < -0.4 is 5.73 Å². The second-order valence-corrected chi connectivity index (χ2v) is 5.45. The Bertz CT molecular complexity index is 589. The van der Waals surface area contributed by atoms with Crippen LogP contribution in [0.25, 0.3) is 11.4 Å². The van der Waals surface area contributed by atoms with Crippen molar-refractivity contribution in [3.8, 4) is 11.4 Å². The number of benzene rings is 1. The first-order chi connectivity index (χ1) is 10.3. The first kappa shape index (κ1) is 14.2. The molecular weight excluding hydrogens is 266 g/mol. The zero-order chi connectivity index (χ0) is 14.7. The lowest BCUT2D eigenvalue weighted by Gasteiger charge is -2.32. The molecule has 1 fully saturated rings. The van der Waals surface area contributed by atoms with E-state index in [0.717, 1.165) is 38.3 Å². The maximum Gasteiger partial charge on any atom is 0.240 e. The number of aromatic nitrogens is 2. The van der Waals surface area contributed by atoms with E-state index in [1.54, 1.807) is 0 Å². The summed E-state index contributed by atoms with van der Waals surface area (Å²) in [7, 11) is 2.17. The third kappa shape index (κ3) is 3.29. The molecule has 2 N–H and O–H groups in total. The minimum absolute atomic E-state index is 0.271. The Morgan fingerprint density at radius 1 is 1.19 bits per heavy atom. The van der Waals surface area contributed by atoms with Crippen LogP contribution in [0.2, 0.25) is 0 Å². The van der Waals surface area contributed by atoms with Gasteiger partial charge in [0.1, 0.15) is 0 Å². The topological polar surface area (TPSA) is 71.4 Å². The molecule has 2 heterocycles. The molecule has 112 valence electrons. The molecule has 1 aliphatic heterocycles. The first-order valence-corrected chi connectivity index (χ1v) is 7.28. The van der Waals surface area contributed by atoms with Gasteiger partial charge in [0, 0.05) is 38.3 Å². The van der Waals surface area contributed by atoms with Crippen molar-refractivity contribution in [1.82, 2.24) is 19.9 Å². The molecule has 0 saturated carbocycles. The Balaban J connectivity index is 1.79. The van der Waals surface area contributed by atoms with Crippen LogP contribution in [0.3, 0.4) is 0 Å². The fourth-order valence-corrected chi connectivity index (χ4v) is 2.57. The van der Waals surface area contributed by atoms with Crippen molar-refractivity contribution in [3.05, 3.63) is 35.7 Å². The van der Waals surface area contributed by atoms with Crippen molar-refractivity contribution in [2.45, 2.75) is 13.1 Å². The predicted octanol–water partition coefficient (Wildman–Crippen LogP) is 0.943. The summed E-state index contributed by atoms with van der Waals surface area (Å²) in [5.41, 5.74) is 7.79. The van der Waals surface area contributed by atoms with Crippen LogP contribution in [0.1, 0.15) is 11.5 Å². The largest absolute Gasteiger partial charge is 0.338 e. The van der Waals surface area contributed by atoms with Crippen LogP contribution in [-0.2, 0) is 13.1 Å². The average Bonchev–Trinajstić information content (AvgIpc) is 2.99. The lowest BCUT2D eigenvalue weighted by atomic mass is 10.1. The normalized spacial score (nSPS) is 17.2. The minimum Gasteiger partial charge on any atom is -0.338 e. The molecule has 0 atom stereocenters. The van der Waals surface area contributed by atoms with Crippen LogP contribution in [0, 0.1) is 0 Å². The molecule has 0 aliphatic carbocycles. The summed E-state index contributed by atoms with van der Waals surface area (Å²) in [5.74, 6) is 1.10. The summed E-state index contributed by atoms with van der Waals surface area (Å²) in [6.07, 6.45) is 0. The van der Waals surface area contributed by atoms with Gasteiger partial charge < -0.3 is 15.2 Å². The van der Waals surface area contributed by atoms with Crippen molar-refractivity contribution in [1.29, 1.82) is 0 Å². The van der Waals surface area contributed by atoms with E-state index < -0.39 is 0 Å². The molecule has 0 radical (unpaired) electrons. The molecule has 6 nitrogen and oxygen atoms in total. The van der Waals surface area contributed by atoms with Crippen LogP contribution in [-0.4, -0.2) is 53.2 Å². The Hall–Kier alpha value is -1.76. The second-order valence-electron chi connectivity index (χ2n) is 5.45. The fraction of sp³-hybridized carbons (Fsp3) is 0.467. The van der Waals surface area contributed by atoms with E-state index >= 15 is 0 Å². The van der Waals surface area contributed by atoms with Crippen molar-refractivity contribution in [2.24, 2.45) is 5.73 Å². The van der Waals surface area contributed by atoms with Gasteiger partial charge in [-0.25, -0.2) is 0 Å². The van der Waals surface area contributed by atoms with E-state index in [0.29, 0.717) is 11.7 Å². The lowest BCUT2D eigenvalue weighted by molar-refractivity contribution is 0.148. The minimum atomic E-state index is 0.271. The number of rotatable bonds is 4.